The highest BCUT2D eigenvalue weighted by Crippen LogP contribution is 2.27. The first-order valence-corrected chi connectivity index (χ1v) is 6.98. The highest BCUT2D eigenvalue weighted by atomic mass is 35.5. The second-order valence-corrected chi connectivity index (χ2v) is 5.74. The van der Waals surface area contributed by atoms with Gasteiger partial charge in [0.2, 0.25) is 5.91 Å². The molecule has 0 bridgehead atoms. The summed E-state index contributed by atoms with van der Waals surface area (Å²) < 4.78 is 15.8. The molecule has 6 heteroatoms. The summed E-state index contributed by atoms with van der Waals surface area (Å²) in [6.45, 7) is 4.44. The largest absolute Gasteiger partial charge is 0.354 e. The van der Waals surface area contributed by atoms with E-state index in [1.165, 1.54) is 6.07 Å². The van der Waals surface area contributed by atoms with Gasteiger partial charge in [0.25, 0.3) is 0 Å². The van der Waals surface area contributed by atoms with Crippen molar-refractivity contribution < 1.29 is 9.18 Å². The molecule has 0 aliphatic heterocycles. The zero-order valence-electron chi connectivity index (χ0n) is 11.9. The van der Waals surface area contributed by atoms with E-state index in [1.54, 1.807) is 38.5 Å². The van der Waals surface area contributed by atoms with Crippen LogP contribution in [0.25, 0.3) is 0 Å². The summed E-state index contributed by atoms with van der Waals surface area (Å²) in [5, 5.41) is 3.13. The maximum atomic E-state index is 14.0. The molecule has 0 spiro atoms. The molecule has 1 amide bonds. The smallest absolute Gasteiger partial charge is 0.230 e. The van der Waals surface area contributed by atoms with Crippen molar-refractivity contribution in [2.75, 3.05) is 6.54 Å². The number of hydrogen-bond donors (Lipinski definition) is 1. The molecule has 0 fully saturated rings. The van der Waals surface area contributed by atoms with Crippen LogP contribution in [0.2, 0.25) is 5.02 Å². The van der Waals surface area contributed by atoms with Gasteiger partial charge in [0.15, 0.2) is 0 Å². The Hall–Kier alpha value is -1.88. The fourth-order valence-corrected chi connectivity index (χ4v) is 2.22. The van der Waals surface area contributed by atoms with E-state index < -0.39 is 11.2 Å². The summed E-state index contributed by atoms with van der Waals surface area (Å²) in [5.41, 5.74) is -0.643. The third-order valence-corrected chi connectivity index (χ3v) is 3.62. The van der Waals surface area contributed by atoms with Crippen LogP contribution in [0.15, 0.2) is 36.9 Å². The first kappa shape index (κ1) is 15.5. The molecule has 0 aliphatic rings. The van der Waals surface area contributed by atoms with Gasteiger partial charge >= 0.3 is 0 Å². The Kier molecular flexibility index (Phi) is 4.63. The summed E-state index contributed by atoms with van der Waals surface area (Å²) in [7, 11) is 0. The Labute approximate surface area is 127 Å². The third-order valence-electron chi connectivity index (χ3n) is 3.39. The van der Waals surface area contributed by atoms with Gasteiger partial charge in [0.1, 0.15) is 5.82 Å². The zero-order chi connectivity index (χ0) is 15.5. The van der Waals surface area contributed by atoms with Gasteiger partial charge in [-0.05, 0) is 26.0 Å². The Morgan fingerprint density at radius 1 is 1.48 bits per heavy atom. The van der Waals surface area contributed by atoms with Crippen molar-refractivity contribution in [1.29, 1.82) is 0 Å². The average molecular weight is 310 g/mol. The molecule has 2 aromatic rings. The number of imidazole rings is 1. The molecule has 0 radical (unpaired) electrons. The van der Waals surface area contributed by atoms with E-state index in [0.717, 1.165) is 0 Å². The third kappa shape index (κ3) is 3.61. The van der Waals surface area contributed by atoms with Gasteiger partial charge in [-0.1, -0.05) is 17.7 Å². The maximum Gasteiger partial charge on any atom is 0.230 e. The highest BCUT2D eigenvalue weighted by Gasteiger charge is 2.32. The van der Waals surface area contributed by atoms with Crippen LogP contribution in [0.1, 0.15) is 19.4 Å². The molecule has 1 aromatic heterocycles. The van der Waals surface area contributed by atoms with E-state index >= 15 is 0 Å². The SMILES string of the molecule is CC(C)(C(=O)NCCn1ccnc1)c1ccc(Cl)cc1F. The van der Waals surface area contributed by atoms with Crippen LogP contribution in [-0.2, 0) is 16.8 Å². The minimum atomic E-state index is -0.969. The second-order valence-electron chi connectivity index (χ2n) is 5.31. The molecule has 0 saturated carbocycles. The van der Waals surface area contributed by atoms with Gasteiger partial charge < -0.3 is 9.88 Å². The summed E-state index contributed by atoms with van der Waals surface area (Å²) in [6.07, 6.45) is 5.17. The predicted molar refractivity (Wildman–Crippen MR) is 79.7 cm³/mol. The van der Waals surface area contributed by atoms with Crippen LogP contribution < -0.4 is 5.32 Å². The number of carbonyl (C=O) groups is 1. The Morgan fingerprint density at radius 3 is 2.86 bits per heavy atom. The number of nitrogens with one attached hydrogen (secondary N) is 1. The lowest BCUT2D eigenvalue weighted by atomic mass is 9.83. The van der Waals surface area contributed by atoms with E-state index in [0.29, 0.717) is 23.7 Å². The minimum Gasteiger partial charge on any atom is -0.354 e. The number of carbonyl (C=O) groups excluding carboxylic acids is 1. The first-order chi connectivity index (χ1) is 9.91. The molecule has 1 heterocycles. The van der Waals surface area contributed by atoms with Crippen molar-refractivity contribution in [1.82, 2.24) is 14.9 Å². The van der Waals surface area contributed by atoms with Gasteiger partial charge in [-0.3, -0.25) is 4.79 Å². The molecule has 112 valence electrons. The fraction of sp³-hybridized carbons (Fsp3) is 0.333. The molecular formula is C15H17ClFN3O. The summed E-state index contributed by atoms with van der Waals surface area (Å²) in [6, 6.07) is 4.35. The van der Waals surface area contributed by atoms with E-state index in [-0.39, 0.29) is 5.91 Å². The van der Waals surface area contributed by atoms with E-state index in [1.807, 2.05) is 10.8 Å². The monoisotopic (exact) mass is 309 g/mol. The van der Waals surface area contributed by atoms with E-state index in [2.05, 4.69) is 10.3 Å². The number of halogens is 2. The van der Waals surface area contributed by atoms with Crippen LogP contribution in [-0.4, -0.2) is 22.0 Å². The molecule has 1 N–H and O–H groups in total. The van der Waals surface area contributed by atoms with Gasteiger partial charge in [0, 0.05) is 36.1 Å². The lowest BCUT2D eigenvalue weighted by molar-refractivity contribution is -0.125. The number of benzene rings is 1. The molecule has 2 rings (SSSR count). The number of hydrogen-bond acceptors (Lipinski definition) is 2. The Balaban J connectivity index is 2.02. The lowest BCUT2D eigenvalue weighted by Gasteiger charge is -2.24. The van der Waals surface area contributed by atoms with E-state index in [4.69, 9.17) is 11.6 Å². The van der Waals surface area contributed by atoms with Crippen molar-refractivity contribution in [3.8, 4) is 0 Å². The van der Waals surface area contributed by atoms with Crippen LogP contribution in [0.4, 0.5) is 4.39 Å². The molecule has 4 nitrogen and oxygen atoms in total. The summed E-state index contributed by atoms with van der Waals surface area (Å²) in [5.74, 6) is -0.707. The zero-order valence-corrected chi connectivity index (χ0v) is 12.7. The van der Waals surface area contributed by atoms with Crippen molar-refractivity contribution >= 4 is 17.5 Å². The van der Waals surface area contributed by atoms with Crippen LogP contribution >= 0.6 is 11.6 Å². The van der Waals surface area contributed by atoms with Crippen molar-refractivity contribution in [2.24, 2.45) is 0 Å². The summed E-state index contributed by atoms with van der Waals surface area (Å²) >= 11 is 5.74. The van der Waals surface area contributed by atoms with Gasteiger partial charge in [0.05, 0.1) is 11.7 Å². The number of rotatable bonds is 5. The Morgan fingerprint density at radius 2 is 2.24 bits per heavy atom. The van der Waals surface area contributed by atoms with Gasteiger partial charge in [-0.25, -0.2) is 9.37 Å². The molecule has 0 unspecified atom stereocenters. The van der Waals surface area contributed by atoms with Gasteiger partial charge in [-0.2, -0.15) is 0 Å². The maximum absolute atomic E-state index is 14.0. The molecule has 0 aliphatic carbocycles. The molecule has 21 heavy (non-hydrogen) atoms. The number of amides is 1. The standard InChI is InChI=1S/C15H17ClFN3O/c1-15(2,12-4-3-11(16)9-13(12)17)14(21)19-6-8-20-7-5-18-10-20/h3-5,7,9-10H,6,8H2,1-2H3,(H,19,21). The van der Waals surface area contributed by atoms with Crippen molar-refractivity contribution in [2.45, 2.75) is 25.8 Å². The van der Waals surface area contributed by atoms with Gasteiger partial charge in [-0.15, -0.1) is 0 Å². The quantitative estimate of drug-likeness (QED) is 0.923. The van der Waals surface area contributed by atoms with Crippen molar-refractivity contribution in [3.05, 3.63) is 53.3 Å². The first-order valence-electron chi connectivity index (χ1n) is 6.61. The normalized spacial score (nSPS) is 11.4. The number of nitrogens with zero attached hydrogens (tertiary/aromatic N) is 2. The Bertz CT molecular complexity index is 626. The van der Waals surface area contributed by atoms with Crippen LogP contribution in [0.5, 0.6) is 0 Å². The van der Waals surface area contributed by atoms with E-state index in [9.17, 15) is 9.18 Å². The highest BCUT2D eigenvalue weighted by molar-refractivity contribution is 6.30. The number of aromatic nitrogens is 2. The van der Waals surface area contributed by atoms with Crippen molar-refractivity contribution in [3.63, 3.8) is 0 Å². The molecule has 0 saturated heterocycles. The average Bonchev–Trinajstić information content (AvgIpc) is 2.91. The predicted octanol–water partition coefficient (Wildman–Crippen LogP) is 2.77. The fourth-order valence-electron chi connectivity index (χ4n) is 2.06. The summed E-state index contributed by atoms with van der Waals surface area (Å²) in [4.78, 5) is 16.2. The lowest BCUT2D eigenvalue weighted by Crippen LogP contribution is -2.41. The minimum absolute atomic E-state index is 0.233. The molecule has 0 atom stereocenters. The van der Waals surface area contributed by atoms with Crippen LogP contribution in [0, 0.1) is 5.82 Å². The topological polar surface area (TPSA) is 46.9 Å². The molecular weight excluding hydrogens is 293 g/mol. The molecule has 1 aromatic carbocycles. The second kappa shape index (κ2) is 6.26. The van der Waals surface area contributed by atoms with Crippen LogP contribution in [0.3, 0.4) is 0 Å².